The van der Waals surface area contributed by atoms with Gasteiger partial charge in [-0.15, -0.1) is 24.0 Å². The lowest BCUT2D eigenvalue weighted by Crippen LogP contribution is -2.55. The number of nitrogens with one attached hydrogen (secondary N) is 1. The maximum Gasteiger partial charge on any atom is 0.246 e. The van der Waals surface area contributed by atoms with Gasteiger partial charge in [0.15, 0.2) is 5.96 Å². The zero-order chi connectivity index (χ0) is 21.6. The van der Waals surface area contributed by atoms with Crippen molar-refractivity contribution in [1.29, 1.82) is 0 Å². The van der Waals surface area contributed by atoms with Gasteiger partial charge in [-0.2, -0.15) is 5.10 Å². The molecular formula is C22H32IN7O2. The number of nitrogens with zero attached hydrogens (tertiary/aromatic N) is 6. The third-order valence-corrected chi connectivity index (χ3v) is 5.66. The van der Waals surface area contributed by atoms with Crippen LogP contribution >= 0.6 is 24.0 Å². The summed E-state index contributed by atoms with van der Waals surface area (Å²) in [6, 6.07) is 3.93. The smallest absolute Gasteiger partial charge is 0.246 e. The Kier molecular flexibility index (Phi) is 8.71. The van der Waals surface area contributed by atoms with E-state index in [1.54, 1.807) is 15.8 Å². The first-order valence-corrected chi connectivity index (χ1v) is 11.1. The maximum absolute atomic E-state index is 12.7. The summed E-state index contributed by atoms with van der Waals surface area (Å²) in [5.41, 5.74) is 1.84. The topological polar surface area (TPSA) is 87.9 Å². The molecule has 4 rings (SSSR count). The highest BCUT2D eigenvalue weighted by atomic mass is 127. The number of aromatic nitrogens is 3. The molecule has 1 aliphatic heterocycles. The molecule has 2 aliphatic rings. The molecule has 0 radical (unpaired) electrons. The molecule has 174 valence electrons. The number of pyridine rings is 1. The molecule has 3 heterocycles. The van der Waals surface area contributed by atoms with E-state index in [1.165, 1.54) is 12.8 Å². The molecule has 0 atom stereocenters. The Labute approximate surface area is 206 Å². The van der Waals surface area contributed by atoms with Crippen LogP contribution in [0.5, 0.6) is 5.88 Å². The third-order valence-electron chi connectivity index (χ3n) is 5.66. The highest BCUT2D eigenvalue weighted by Gasteiger charge is 2.27. The number of halogens is 1. The van der Waals surface area contributed by atoms with E-state index in [2.05, 4.69) is 15.4 Å². The number of aryl methyl sites for hydroxylation is 1. The molecule has 2 fully saturated rings. The van der Waals surface area contributed by atoms with E-state index in [0.29, 0.717) is 31.6 Å². The highest BCUT2D eigenvalue weighted by molar-refractivity contribution is 14.0. The fraction of sp³-hybridized carbons (Fsp3) is 0.545. The van der Waals surface area contributed by atoms with Crippen LogP contribution in [0.25, 0.3) is 0 Å². The van der Waals surface area contributed by atoms with E-state index < -0.39 is 0 Å². The Morgan fingerprint density at radius 1 is 1.25 bits per heavy atom. The standard InChI is InChI=1S/C22H31N7O2.HI/c1-3-23-22(28-10-11-29(21(30)16-28)18-14-26-27(2)15-18)25-13-17-8-9-20(24-12-17)31-19-6-4-5-7-19;/h8-9,12,14-15,19H,3-7,10-11,13,16H2,1-2H3,(H,23,25);1H. The van der Waals surface area contributed by atoms with Crippen LogP contribution in [0.15, 0.2) is 35.7 Å². The number of carbonyl (C=O) groups is 1. The van der Waals surface area contributed by atoms with E-state index in [-0.39, 0.29) is 36.4 Å². The Morgan fingerprint density at radius 3 is 2.69 bits per heavy atom. The number of guanidine groups is 1. The van der Waals surface area contributed by atoms with Crippen molar-refractivity contribution in [2.24, 2.45) is 12.0 Å². The van der Waals surface area contributed by atoms with Crippen molar-refractivity contribution in [3.8, 4) is 5.88 Å². The molecule has 0 aromatic carbocycles. The van der Waals surface area contributed by atoms with Crippen molar-refractivity contribution in [3.05, 3.63) is 36.3 Å². The van der Waals surface area contributed by atoms with Gasteiger partial charge >= 0.3 is 0 Å². The summed E-state index contributed by atoms with van der Waals surface area (Å²) in [5.74, 6) is 1.47. The summed E-state index contributed by atoms with van der Waals surface area (Å²) in [6.07, 6.45) is 10.4. The lowest BCUT2D eigenvalue weighted by Gasteiger charge is -2.35. The largest absolute Gasteiger partial charge is 0.474 e. The predicted octanol–water partition coefficient (Wildman–Crippen LogP) is 2.57. The van der Waals surface area contributed by atoms with Crippen LogP contribution in [-0.2, 0) is 18.4 Å². The van der Waals surface area contributed by atoms with Crippen molar-refractivity contribution in [2.45, 2.75) is 45.3 Å². The van der Waals surface area contributed by atoms with Crippen LogP contribution in [0.3, 0.4) is 0 Å². The fourth-order valence-corrected chi connectivity index (χ4v) is 4.02. The van der Waals surface area contributed by atoms with Crippen molar-refractivity contribution in [2.75, 3.05) is 31.1 Å². The van der Waals surface area contributed by atoms with Gasteiger partial charge in [0.1, 0.15) is 12.6 Å². The predicted molar refractivity (Wildman–Crippen MR) is 134 cm³/mol. The Morgan fingerprint density at radius 2 is 2.06 bits per heavy atom. The Bertz CT molecular complexity index is 909. The zero-order valence-electron chi connectivity index (χ0n) is 18.7. The summed E-state index contributed by atoms with van der Waals surface area (Å²) in [6.45, 7) is 4.86. The maximum atomic E-state index is 12.7. The second kappa shape index (κ2) is 11.5. The first-order valence-electron chi connectivity index (χ1n) is 11.1. The number of amides is 1. The first kappa shape index (κ1) is 24.3. The number of anilines is 1. The summed E-state index contributed by atoms with van der Waals surface area (Å²) in [7, 11) is 1.85. The number of ether oxygens (including phenoxy) is 1. The Balaban J connectivity index is 0.00000289. The van der Waals surface area contributed by atoms with Gasteiger partial charge in [-0.25, -0.2) is 9.98 Å². The molecule has 32 heavy (non-hydrogen) atoms. The zero-order valence-corrected chi connectivity index (χ0v) is 21.1. The number of piperazine rings is 1. The van der Waals surface area contributed by atoms with Crippen LogP contribution in [-0.4, -0.2) is 63.8 Å². The highest BCUT2D eigenvalue weighted by Crippen LogP contribution is 2.23. The molecule has 1 aliphatic carbocycles. The molecule has 10 heteroatoms. The number of hydrogen-bond acceptors (Lipinski definition) is 5. The molecule has 0 unspecified atom stereocenters. The molecule has 0 spiro atoms. The average molecular weight is 553 g/mol. The van der Waals surface area contributed by atoms with Gasteiger partial charge in [-0.3, -0.25) is 9.48 Å². The van der Waals surface area contributed by atoms with Gasteiger partial charge < -0.3 is 19.9 Å². The molecule has 2 aromatic rings. The normalized spacial score (nSPS) is 17.4. The molecule has 1 saturated heterocycles. The number of hydrogen-bond donors (Lipinski definition) is 1. The van der Waals surface area contributed by atoms with Crippen LogP contribution in [0.2, 0.25) is 0 Å². The SMILES string of the molecule is CCNC(=NCc1ccc(OC2CCCC2)nc1)N1CCN(c2cnn(C)c2)C(=O)C1.I. The Hall–Kier alpha value is -2.37. The van der Waals surface area contributed by atoms with Gasteiger partial charge in [-0.05, 0) is 38.2 Å². The molecule has 1 amide bonds. The van der Waals surface area contributed by atoms with Gasteiger partial charge in [0.2, 0.25) is 11.8 Å². The minimum absolute atomic E-state index is 0. The lowest BCUT2D eigenvalue weighted by atomic mass is 10.3. The molecule has 1 N–H and O–H groups in total. The quantitative estimate of drug-likeness (QED) is 0.336. The van der Waals surface area contributed by atoms with Crippen LogP contribution < -0.4 is 15.0 Å². The van der Waals surface area contributed by atoms with E-state index in [0.717, 1.165) is 36.6 Å². The van der Waals surface area contributed by atoms with Crippen molar-refractivity contribution >= 4 is 41.5 Å². The summed E-state index contributed by atoms with van der Waals surface area (Å²) in [4.78, 5) is 25.7. The van der Waals surface area contributed by atoms with E-state index in [4.69, 9.17) is 9.73 Å². The average Bonchev–Trinajstić information content (AvgIpc) is 3.44. The van der Waals surface area contributed by atoms with Gasteiger partial charge in [0.25, 0.3) is 0 Å². The van der Waals surface area contributed by atoms with Crippen LogP contribution in [0.1, 0.15) is 38.2 Å². The second-order valence-corrected chi connectivity index (χ2v) is 8.04. The molecule has 9 nitrogen and oxygen atoms in total. The van der Waals surface area contributed by atoms with E-state index in [9.17, 15) is 4.79 Å². The monoisotopic (exact) mass is 553 g/mol. The van der Waals surface area contributed by atoms with Crippen molar-refractivity contribution < 1.29 is 9.53 Å². The van der Waals surface area contributed by atoms with E-state index >= 15 is 0 Å². The van der Waals surface area contributed by atoms with Gasteiger partial charge in [0.05, 0.1) is 18.4 Å². The second-order valence-electron chi connectivity index (χ2n) is 8.04. The van der Waals surface area contributed by atoms with Crippen molar-refractivity contribution in [3.63, 3.8) is 0 Å². The van der Waals surface area contributed by atoms with Gasteiger partial charge in [0, 0.05) is 45.1 Å². The molecule has 2 aromatic heterocycles. The van der Waals surface area contributed by atoms with Gasteiger partial charge in [-0.1, -0.05) is 6.07 Å². The minimum Gasteiger partial charge on any atom is -0.474 e. The fourth-order valence-electron chi connectivity index (χ4n) is 4.02. The summed E-state index contributed by atoms with van der Waals surface area (Å²) < 4.78 is 7.64. The third kappa shape index (κ3) is 6.11. The van der Waals surface area contributed by atoms with Crippen molar-refractivity contribution in [1.82, 2.24) is 25.0 Å². The lowest BCUT2D eigenvalue weighted by molar-refractivity contribution is -0.120. The number of carbonyl (C=O) groups excluding carboxylic acids is 1. The number of aliphatic imine (C=N–C) groups is 1. The van der Waals surface area contributed by atoms with E-state index in [1.807, 2.05) is 43.4 Å². The number of rotatable bonds is 6. The summed E-state index contributed by atoms with van der Waals surface area (Å²) in [5, 5.41) is 7.47. The molecular weight excluding hydrogens is 521 g/mol. The summed E-state index contributed by atoms with van der Waals surface area (Å²) >= 11 is 0. The minimum atomic E-state index is 0. The van der Waals surface area contributed by atoms with Crippen LogP contribution in [0.4, 0.5) is 5.69 Å². The molecule has 1 saturated carbocycles. The molecule has 0 bridgehead atoms. The van der Waals surface area contributed by atoms with Crippen LogP contribution in [0, 0.1) is 0 Å². The first-order chi connectivity index (χ1) is 15.1.